The van der Waals surface area contributed by atoms with Crippen LogP contribution in [0.1, 0.15) is 43.0 Å². The molecule has 0 saturated carbocycles. The Morgan fingerprint density at radius 1 is 1.22 bits per heavy atom. The van der Waals surface area contributed by atoms with Gasteiger partial charge in [0.15, 0.2) is 5.82 Å². The first kappa shape index (κ1) is 12.8. The van der Waals surface area contributed by atoms with Gasteiger partial charge in [0, 0.05) is 25.4 Å². The van der Waals surface area contributed by atoms with Gasteiger partial charge in [-0.05, 0) is 5.56 Å². The normalized spacial score (nSPS) is 12.9. The van der Waals surface area contributed by atoms with Crippen molar-refractivity contribution in [2.24, 2.45) is 12.8 Å². The zero-order valence-corrected chi connectivity index (χ0v) is 11.2. The number of aryl methyl sites for hydroxylation is 1. The predicted molar refractivity (Wildman–Crippen MR) is 72.2 cm³/mol. The molecule has 0 spiro atoms. The Hall–Kier alpha value is -1.68. The molecular formula is C14H20N4. The summed E-state index contributed by atoms with van der Waals surface area (Å²) in [6.45, 7) is 4.19. The largest absolute Gasteiger partial charge is 0.324 e. The first-order valence-corrected chi connectivity index (χ1v) is 6.28. The molecule has 0 aliphatic heterocycles. The molecule has 2 aromatic rings. The molecule has 2 N–H and O–H groups in total. The minimum absolute atomic E-state index is 0.0332. The predicted octanol–water partition coefficient (Wildman–Crippen LogP) is 2.18. The third-order valence-corrected chi connectivity index (χ3v) is 3.02. The summed E-state index contributed by atoms with van der Waals surface area (Å²) in [7, 11) is 1.92. The Morgan fingerprint density at radius 2 is 1.89 bits per heavy atom. The van der Waals surface area contributed by atoms with Gasteiger partial charge in [-0.3, -0.25) is 4.68 Å². The molecule has 96 valence electrons. The third-order valence-electron chi connectivity index (χ3n) is 3.02. The van der Waals surface area contributed by atoms with E-state index < -0.39 is 0 Å². The lowest BCUT2D eigenvalue weighted by molar-refractivity contribution is 0.627. The van der Waals surface area contributed by atoms with E-state index in [1.165, 1.54) is 0 Å². The first-order valence-electron chi connectivity index (χ1n) is 6.28. The van der Waals surface area contributed by atoms with E-state index >= 15 is 0 Å². The van der Waals surface area contributed by atoms with Crippen LogP contribution < -0.4 is 5.73 Å². The summed E-state index contributed by atoms with van der Waals surface area (Å²) in [5.41, 5.74) is 7.33. The van der Waals surface area contributed by atoms with E-state index in [2.05, 4.69) is 23.9 Å². The Labute approximate surface area is 108 Å². The van der Waals surface area contributed by atoms with Gasteiger partial charge < -0.3 is 5.73 Å². The molecule has 4 heteroatoms. The molecule has 0 saturated heterocycles. The van der Waals surface area contributed by atoms with Crippen LogP contribution >= 0.6 is 0 Å². The summed E-state index contributed by atoms with van der Waals surface area (Å²) < 4.78 is 1.83. The van der Waals surface area contributed by atoms with Crippen molar-refractivity contribution in [3.05, 3.63) is 47.5 Å². The Kier molecular flexibility index (Phi) is 3.77. The van der Waals surface area contributed by atoms with Gasteiger partial charge in [0.2, 0.25) is 0 Å². The van der Waals surface area contributed by atoms with Crippen LogP contribution in [0, 0.1) is 0 Å². The fourth-order valence-corrected chi connectivity index (χ4v) is 1.88. The lowest BCUT2D eigenvalue weighted by Gasteiger charge is -2.10. The SMILES string of the molecule is CC(C)c1nc(CC(N)c2ccccc2)n(C)n1. The van der Waals surface area contributed by atoms with Crippen molar-refractivity contribution in [1.82, 2.24) is 14.8 Å². The van der Waals surface area contributed by atoms with Gasteiger partial charge >= 0.3 is 0 Å². The van der Waals surface area contributed by atoms with Crippen LogP contribution in [0.3, 0.4) is 0 Å². The zero-order chi connectivity index (χ0) is 13.1. The third kappa shape index (κ3) is 2.76. The lowest BCUT2D eigenvalue weighted by atomic mass is 10.0. The van der Waals surface area contributed by atoms with Crippen LogP contribution in [0.15, 0.2) is 30.3 Å². The van der Waals surface area contributed by atoms with E-state index in [9.17, 15) is 0 Å². The Bertz CT molecular complexity index is 502. The van der Waals surface area contributed by atoms with Crippen LogP contribution in [0.5, 0.6) is 0 Å². The molecule has 0 amide bonds. The molecule has 2 rings (SSSR count). The quantitative estimate of drug-likeness (QED) is 0.896. The highest BCUT2D eigenvalue weighted by molar-refractivity contribution is 5.19. The van der Waals surface area contributed by atoms with Crippen molar-refractivity contribution in [3.63, 3.8) is 0 Å². The van der Waals surface area contributed by atoms with Crippen molar-refractivity contribution >= 4 is 0 Å². The second kappa shape index (κ2) is 5.31. The highest BCUT2D eigenvalue weighted by Crippen LogP contribution is 2.16. The summed E-state index contributed by atoms with van der Waals surface area (Å²) in [5.74, 6) is 2.17. The van der Waals surface area contributed by atoms with Crippen molar-refractivity contribution in [1.29, 1.82) is 0 Å². The molecule has 0 aliphatic rings. The highest BCUT2D eigenvalue weighted by atomic mass is 15.3. The van der Waals surface area contributed by atoms with Gasteiger partial charge in [-0.2, -0.15) is 5.10 Å². The summed E-state index contributed by atoms with van der Waals surface area (Å²) >= 11 is 0. The molecule has 4 nitrogen and oxygen atoms in total. The highest BCUT2D eigenvalue weighted by Gasteiger charge is 2.14. The van der Waals surface area contributed by atoms with E-state index in [1.54, 1.807) is 0 Å². The van der Waals surface area contributed by atoms with Crippen LogP contribution in [-0.2, 0) is 13.5 Å². The summed E-state index contributed by atoms with van der Waals surface area (Å²) in [5, 5.41) is 4.41. The van der Waals surface area contributed by atoms with E-state index in [1.807, 2.05) is 42.1 Å². The number of rotatable bonds is 4. The van der Waals surface area contributed by atoms with Crippen molar-refractivity contribution < 1.29 is 0 Å². The average molecular weight is 244 g/mol. The second-order valence-electron chi connectivity index (χ2n) is 4.89. The smallest absolute Gasteiger partial charge is 0.153 e. The summed E-state index contributed by atoms with van der Waals surface area (Å²) in [6, 6.07) is 10.1. The van der Waals surface area contributed by atoms with Crippen molar-refractivity contribution in [3.8, 4) is 0 Å². The summed E-state index contributed by atoms with van der Waals surface area (Å²) in [6.07, 6.45) is 0.709. The molecule has 0 aliphatic carbocycles. The fraction of sp³-hybridized carbons (Fsp3) is 0.429. The number of nitrogens with zero attached hydrogens (tertiary/aromatic N) is 3. The minimum Gasteiger partial charge on any atom is -0.324 e. The maximum Gasteiger partial charge on any atom is 0.153 e. The van der Waals surface area contributed by atoms with Gasteiger partial charge in [-0.1, -0.05) is 44.2 Å². The van der Waals surface area contributed by atoms with Gasteiger partial charge in [0.1, 0.15) is 5.82 Å². The first-order chi connectivity index (χ1) is 8.58. The van der Waals surface area contributed by atoms with Crippen molar-refractivity contribution in [2.45, 2.75) is 32.2 Å². The molecule has 0 radical (unpaired) electrons. The van der Waals surface area contributed by atoms with E-state index in [0.717, 1.165) is 17.2 Å². The number of hydrogen-bond donors (Lipinski definition) is 1. The molecule has 1 atom stereocenters. The van der Waals surface area contributed by atoms with Gasteiger partial charge in [0.05, 0.1) is 0 Å². The number of hydrogen-bond acceptors (Lipinski definition) is 3. The van der Waals surface area contributed by atoms with Crippen LogP contribution in [0.2, 0.25) is 0 Å². The molecule has 1 heterocycles. The van der Waals surface area contributed by atoms with Crippen LogP contribution in [0.4, 0.5) is 0 Å². The standard InChI is InChI=1S/C14H20N4/c1-10(2)14-16-13(18(3)17-14)9-12(15)11-7-5-4-6-8-11/h4-8,10,12H,9,15H2,1-3H3. The van der Waals surface area contributed by atoms with Gasteiger partial charge in [-0.15, -0.1) is 0 Å². The van der Waals surface area contributed by atoms with E-state index in [0.29, 0.717) is 12.3 Å². The molecule has 0 bridgehead atoms. The second-order valence-corrected chi connectivity index (χ2v) is 4.89. The number of nitrogens with two attached hydrogens (primary N) is 1. The maximum absolute atomic E-state index is 6.20. The Balaban J connectivity index is 2.14. The molecule has 1 unspecified atom stereocenters. The lowest BCUT2D eigenvalue weighted by Crippen LogP contribution is -2.15. The minimum atomic E-state index is -0.0332. The van der Waals surface area contributed by atoms with E-state index in [-0.39, 0.29) is 6.04 Å². The molecular weight excluding hydrogens is 224 g/mol. The van der Waals surface area contributed by atoms with Crippen molar-refractivity contribution in [2.75, 3.05) is 0 Å². The fourth-order valence-electron chi connectivity index (χ4n) is 1.88. The number of benzene rings is 1. The van der Waals surface area contributed by atoms with E-state index in [4.69, 9.17) is 5.73 Å². The van der Waals surface area contributed by atoms with Gasteiger partial charge in [-0.25, -0.2) is 4.98 Å². The maximum atomic E-state index is 6.20. The molecule has 1 aromatic heterocycles. The molecule has 1 aromatic carbocycles. The Morgan fingerprint density at radius 3 is 2.44 bits per heavy atom. The monoisotopic (exact) mass is 244 g/mol. The van der Waals surface area contributed by atoms with Crippen LogP contribution in [-0.4, -0.2) is 14.8 Å². The zero-order valence-electron chi connectivity index (χ0n) is 11.2. The average Bonchev–Trinajstić information content (AvgIpc) is 2.72. The molecule has 18 heavy (non-hydrogen) atoms. The summed E-state index contributed by atoms with van der Waals surface area (Å²) in [4.78, 5) is 4.55. The number of aromatic nitrogens is 3. The topological polar surface area (TPSA) is 56.7 Å². The molecule has 0 fully saturated rings. The van der Waals surface area contributed by atoms with Crippen LogP contribution in [0.25, 0.3) is 0 Å². The van der Waals surface area contributed by atoms with Gasteiger partial charge in [0.25, 0.3) is 0 Å².